The molecule has 0 aliphatic carbocycles. The topological polar surface area (TPSA) is 24.9 Å². The van der Waals surface area contributed by atoms with Crippen LogP contribution in [0.2, 0.25) is 0 Å². The summed E-state index contributed by atoms with van der Waals surface area (Å²) in [5.74, 6) is 1.14. The molecule has 17 heavy (non-hydrogen) atoms. The Hall–Kier alpha value is -1.35. The van der Waals surface area contributed by atoms with Crippen molar-refractivity contribution in [2.75, 3.05) is 11.9 Å². The number of fused-ring (bicyclic) bond motifs is 1. The van der Waals surface area contributed by atoms with Gasteiger partial charge >= 0.3 is 0 Å². The molecule has 0 fully saturated rings. The quantitative estimate of drug-likeness (QED) is 0.874. The fourth-order valence-electron chi connectivity index (χ4n) is 2.17. The van der Waals surface area contributed by atoms with Crippen LogP contribution in [0.15, 0.2) is 30.3 Å². The number of nitrogens with one attached hydrogen (secondary N) is 1. The van der Waals surface area contributed by atoms with Gasteiger partial charge in [0.15, 0.2) is 0 Å². The lowest BCUT2D eigenvalue weighted by atomic mass is 10.2. The number of nitrogens with zero attached hydrogens (tertiary/aromatic N) is 1. The molecule has 0 saturated carbocycles. The van der Waals surface area contributed by atoms with Crippen molar-refractivity contribution in [3.05, 3.63) is 45.8 Å². The van der Waals surface area contributed by atoms with Crippen LogP contribution in [0, 0.1) is 0 Å². The first-order valence-electron chi connectivity index (χ1n) is 6.18. The van der Waals surface area contributed by atoms with E-state index in [-0.39, 0.29) is 0 Å². The van der Waals surface area contributed by atoms with Crippen LogP contribution < -0.4 is 5.32 Å². The van der Waals surface area contributed by atoms with Crippen LogP contribution in [0.1, 0.15) is 28.3 Å². The lowest BCUT2D eigenvalue weighted by Gasteiger charge is -1.98. The molecule has 0 atom stereocenters. The summed E-state index contributed by atoms with van der Waals surface area (Å²) >= 11 is 1.87. The average Bonchev–Trinajstić information content (AvgIpc) is 2.60. The molecule has 0 radical (unpaired) electrons. The zero-order valence-electron chi connectivity index (χ0n) is 9.78. The molecule has 3 rings (SSSR count). The monoisotopic (exact) mass is 244 g/mol. The largest absolute Gasteiger partial charge is 0.369 e. The predicted molar refractivity (Wildman–Crippen MR) is 72.8 cm³/mol. The SMILES string of the molecule is c1ccc(Cc2nc3c(s2)CCCCN3)cc1. The van der Waals surface area contributed by atoms with Crippen molar-refractivity contribution >= 4 is 17.2 Å². The first-order valence-corrected chi connectivity index (χ1v) is 7.00. The van der Waals surface area contributed by atoms with Crippen molar-refractivity contribution in [1.29, 1.82) is 0 Å². The number of thiazole rings is 1. The minimum absolute atomic E-state index is 0.959. The maximum atomic E-state index is 4.71. The second-order valence-electron chi connectivity index (χ2n) is 4.43. The summed E-state index contributed by atoms with van der Waals surface area (Å²) in [6.07, 6.45) is 4.69. The molecule has 2 heterocycles. The third-order valence-electron chi connectivity index (χ3n) is 3.06. The Balaban J connectivity index is 1.81. The van der Waals surface area contributed by atoms with Gasteiger partial charge in [-0.25, -0.2) is 4.98 Å². The second-order valence-corrected chi connectivity index (χ2v) is 5.59. The van der Waals surface area contributed by atoms with Crippen LogP contribution in [-0.4, -0.2) is 11.5 Å². The first kappa shape index (κ1) is 10.8. The van der Waals surface area contributed by atoms with E-state index in [1.165, 1.54) is 34.7 Å². The van der Waals surface area contributed by atoms with E-state index in [9.17, 15) is 0 Å². The van der Waals surface area contributed by atoms with Gasteiger partial charge in [-0.3, -0.25) is 0 Å². The maximum absolute atomic E-state index is 4.71. The number of aryl methyl sites for hydroxylation is 1. The number of hydrogen-bond acceptors (Lipinski definition) is 3. The Labute approximate surface area is 106 Å². The van der Waals surface area contributed by atoms with Gasteiger partial charge in [-0.2, -0.15) is 0 Å². The summed E-state index contributed by atoms with van der Waals surface area (Å²) in [5, 5.41) is 4.66. The van der Waals surface area contributed by atoms with Crippen LogP contribution in [-0.2, 0) is 12.8 Å². The highest BCUT2D eigenvalue weighted by Gasteiger charge is 2.13. The van der Waals surface area contributed by atoms with E-state index in [2.05, 4.69) is 35.6 Å². The van der Waals surface area contributed by atoms with Crippen molar-refractivity contribution in [3.63, 3.8) is 0 Å². The number of anilines is 1. The number of hydrogen-bond donors (Lipinski definition) is 1. The summed E-state index contributed by atoms with van der Waals surface area (Å²) < 4.78 is 0. The Morgan fingerprint density at radius 3 is 2.94 bits per heavy atom. The highest BCUT2D eigenvalue weighted by molar-refractivity contribution is 7.12. The number of benzene rings is 1. The van der Waals surface area contributed by atoms with Gasteiger partial charge in [-0.1, -0.05) is 30.3 Å². The molecular formula is C14H16N2S. The van der Waals surface area contributed by atoms with Gasteiger partial charge < -0.3 is 5.32 Å². The molecular weight excluding hydrogens is 228 g/mol. The van der Waals surface area contributed by atoms with E-state index < -0.39 is 0 Å². The molecule has 1 aliphatic rings. The van der Waals surface area contributed by atoms with Gasteiger partial charge in [0.05, 0.1) is 5.01 Å². The zero-order valence-corrected chi connectivity index (χ0v) is 10.6. The summed E-state index contributed by atoms with van der Waals surface area (Å²) in [4.78, 5) is 6.15. The zero-order chi connectivity index (χ0) is 11.5. The van der Waals surface area contributed by atoms with Crippen LogP contribution in [0.5, 0.6) is 0 Å². The molecule has 1 N–H and O–H groups in total. The molecule has 1 aliphatic heterocycles. The van der Waals surface area contributed by atoms with Crippen LogP contribution in [0.25, 0.3) is 0 Å². The molecule has 0 unspecified atom stereocenters. The second kappa shape index (κ2) is 4.88. The minimum atomic E-state index is 0.959. The Bertz CT molecular complexity index is 467. The fourth-order valence-corrected chi connectivity index (χ4v) is 3.29. The van der Waals surface area contributed by atoms with Gasteiger partial charge in [0.1, 0.15) is 5.82 Å². The van der Waals surface area contributed by atoms with Gasteiger partial charge in [0, 0.05) is 17.8 Å². The van der Waals surface area contributed by atoms with E-state index in [1.807, 2.05) is 11.3 Å². The van der Waals surface area contributed by atoms with Crippen molar-refractivity contribution < 1.29 is 0 Å². The van der Waals surface area contributed by atoms with Gasteiger partial charge in [0.2, 0.25) is 0 Å². The van der Waals surface area contributed by atoms with E-state index in [0.29, 0.717) is 0 Å². The Morgan fingerprint density at radius 1 is 1.18 bits per heavy atom. The standard InChI is InChI=1S/C14H16N2S/c1-2-6-11(7-3-1)10-13-16-14-12(17-13)8-4-5-9-15-14/h1-3,6-7,15H,4-5,8-10H2. The summed E-state index contributed by atoms with van der Waals surface area (Å²) in [6, 6.07) is 10.6. The molecule has 1 aromatic carbocycles. The van der Waals surface area contributed by atoms with Gasteiger partial charge in [-0.15, -0.1) is 11.3 Å². The molecule has 0 saturated heterocycles. The summed E-state index contributed by atoms with van der Waals surface area (Å²) in [5.41, 5.74) is 1.34. The van der Waals surface area contributed by atoms with Crippen molar-refractivity contribution in [3.8, 4) is 0 Å². The van der Waals surface area contributed by atoms with Gasteiger partial charge in [0.25, 0.3) is 0 Å². The highest BCUT2D eigenvalue weighted by Crippen LogP contribution is 2.28. The molecule has 1 aromatic heterocycles. The van der Waals surface area contributed by atoms with E-state index in [0.717, 1.165) is 18.8 Å². The highest BCUT2D eigenvalue weighted by atomic mass is 32.1. The normalized spacial score (nSPS) is 14.8. The van der Waals surface area contributed by atoms with Gasteiger partial charge in [-0.05, 0) is 24.8 Å². The van der Waals surface area contributed by atoms with Crippen molar-refractivity contribution in [1.82, 2.24) is 4.98 Å². The lowest BCUT2D eigenvalue weighted by Crippen LogP contribution is -1.99. The van der Waals surface area contributed by atoms with Crippen molar-refractivity contribution in [2.24, 2.45) is 0 Å². The summed E-state index contributed by atoms with van der Waals surface area (Å²) in [6.45, 7) is 1.07. The van der Waals surface area contributed by atoms with E-state index in [1.54, 1.807) is 0 Å². The summed E-state index contributed by atoms with van der Waals surface area (Å²) in [7, 11) is 0. The molecule has 0 spiro atoms. The van der Waals surface area contributed by atoms with Crippen LogP contribution in [0.3, 0.4) is 0 Å². The van der Waals surface area contributed by atoms with E-state index >= 15 is 0 Å². The molecule has 88 valence electrons. The Morgan fingerprint density at radius 2 is 2.06 bits per heavy atom. The Kier molecular flexibility index (Phi) is 3.10. The number of rotatable bonds is 2. The smallest absolute Gasteiger partial charge is 0.140 e. The third-order valence-corrected chi connectivity index (χ3v) is 4.18. The van der Waals surface area contributed by atoms with Crippen LogP contribution >= 0.6 is 11.3 Å². The maximum Gasteiger partial charge on any atom is 0.140 e. The minimum Gasteiger partial charge on any atom is -0.369 e. The molecule has 0 bridgehead atoms. The molecule has 0 amide bonds. The molecule has 3 heteroatoms. The fraction of sp³-hybridized carbons (Fsp3) is 0.357. The third kappa shape index (κ3) is 2.50. The lowest BCUT2D eigenvalue weighted by molar-refractivity contribution is 0.790. The molecule has 2 aromatic rings. The van der Waals surface area contributed by atoms with Crippen molar-refractivity contribution in [2.45, 2.75) is 25.7 Å². The first-order chi connectivity index (χ1) is 8.42. The number of aromatic nitrogens is 1. The predicted octanol–water partition coefficient (Wildman–Crippen LogP) is 3.48. The van der Waals surface area contributed by atoms with E-state index in [4.69, 9.17) is 4.98 Å². The average molecular weight is 244 g/mol. The van der Waals surface area contributed by atoms with Crippen LogP contribution in [0.4, 0.5) is 5.82 Å². The molecule has 2 nitrogen and oxygen atoms in total.